The molecule has 0 amide bonds. The van der Waals surface area contributed by atoms with Gasteiger partial charge in [-0.2, -0.15) is 23.8 Å². The summed E-state index contributed by atoms with van der Waals surface area (Å²) in [7, 11) is 0. The molecule has 20 heavy (non-hydrogen) atoms. The molecule has 1 aromatic heterocycles. The first kappa shape index (κ1) is 14.0. The molecular formula is C12H11F2N5O. The molecule has 1 unspecified atom stereocenters. The lowest BCUT2D eigenvalue weighted by atomic mass is 9.99. The third-order valence-electron chi connectivity index (χ3n) is 2.78. The number of alkyl halides is 2. The van der Waals surface area contributed by atoms with Gasteiger partial charge >= 0.3 is 6.55 Å². The van der Waals surface area contributed by atoms with Gasteiger partial charge in [0.25, 0.3) is 0 Å². The van der Waals surface area contributed by atoms with Crippen LogP contribution in [-0.4, -0.2) is 26.5 Å². The van der Waals surface area contributed by atoms with Crippen molar-refractivity contribution in [3.8, 4) is 17.5 Å². The maximum absolute atomic E-state index is 12.8. The number of nitrogens with two attached hydrogens (primary N) is 1. The van der Waals surface area contributed by atoms with E-state index in [2.05, 4.69) is 10.1 Å². The highest BCUT2D eigenvalue weighted by Crippen LogP contribution is 2.26. The van der Waals surface area contributed by atoms with E-state index in [1.54, 1.807) is 0 Å². The van der Waals surface area contributed by atoms with Crippen molar-refractivity contribution in [2.24, 2.45) is 5.73 Å². The number of aromatic nitrogens is 3. The van der Waals surface area contributed by atoms with Crippen LogP contribution in [-0.2, 0) is 0 Å². The zero-order chi connectivity index (χ0) is 14.7. The average molecular weight is 279 g/mol. The van der Waals surface area contributed by atoms with E-state index in [1.165, 1.54) is 18.2 Å². The van der Waals surface area contributed by atoms with Crippen molar-refractivity contribution < 1.29 is 13.9 Å². The van der Waals surface area contributed by atoms with E-state index in [4.69, 9.17) is 16.1 Å². The molecule has 0 fully saturated rings. The van der Waals surface area contributed by atoms with E-state index in [-0.39, 0.29) is 18.0 Å². The van der Waals surface area contributed by atoms with Gasteiger partial charge < -0.3 is 10.8 Å². The number of benzene rings is 1. The lowest BCUT2D eigenvalue weighted by Gasteiger charge is -2.12. The number of rotatable bonds is 4. The summed E-state index contributed by atoms with van der Waals surface area (Å²) in [4.78, 5) is 3.78. The number of nitrogens with zero attached hydrogens (tertiary/aromatic N) is 4. The summed E-state index contributed by atoms with van der Waals surface area (Å²) in [6, 6.07) is 5.56. The number of aliphatic hydroxyl groups is 1. The largest absolute Gasteiger partial charge is 0.394 e. The molecule has 0 aliphatic carbocycles. The van der Waals surface area contributed by atoms with Gasteiger partial charge in [-0.1, -0.05) is 0 Å². The van der Waals surface area contributed by atoms with Gasteiger partial charge in [0.15, 0.2) is 5.82 Å². The standard InChI is InChI=1S/C12H11F2N5O/c13-12(14)19-11(17-6-18-19)7-1-2-8(4-15)9(3-7)10(16)5-20/h1-3,6,10,12,20H,5,16H2. The molecule has 2 rings (SSSR count). The van der Waals surface area contributed by atoms with E-state index in [9.17, 15) is 8.78 Å². The Morgan fingerprint density at radius 2 is 2.20 bits per heavy atom. The summed E-state index contributed by atoms with van der Waals surface area (Å²) in [5.74, 6) is -0.0316. The van der Waals surface area contributed by atoms with Gasteiger partial charge in [0.2, 0.25) is 0 Å². The zero-order valence-corrected chi connectivity index (χ0v) is 10.2. The van der Waals surface area contributed by atoms with Crippen LogP contribution in [0.5, 0.6) is 0 Å². The molecule has 0 bridgehead atoms. The molecule has 0 aliphatic heterocycles. The van der Waals surface area contributed by atoms with Crippen LogP contribution in [0.25, 0.3) is 11.4 Å². The van der Waals surface area contributed by atoms with Gasteiger partial charge in [-0.3, -0.25) is 0 Å². The molecule has 0 saturated heterocycles. The maximum Gasteiger partial charge on any atom is 0.335 e. The summed E-state index contributed by atoms with van der Waals surface area (Å²) in [6.45, 7) is -3.18. The average Bonchev–Trinajstić information content (AvgIpc) is 2.95. The van der Waals surface area contributed by atoms with Crippen molar-refractivity contribution in [1.82, 2.24) is 14.8 Å². The van der Waals surface area contributed by atoms with Crippen LogP contribution in [0.2, 0.25) is 0 Å². The number of hydrogen-bond acceptors (Lipinski definition) is 5. The van der Waals surface area contributed by atoms with Crippen LogP contribution in [0.3, 0.4) is 0 Å². The van der Waals surface area contributed by atoms with Crippen molar-refractivity contribution in [3.05, 3.63) is 35.7 Å². The highest BCUT2D eigenvalue weighted by atomic mass is 19.3. The Morgan fingerprint density at radius 1 is 1.45 bits per heavy atom. The number of nitriles is 1. The SMILES string of the molecule is N#Cc1ccc(-c2ncnn2C(F)F)cc1C(N)CO. The topological polar surface area (TPSA) is 101 Å². The van der Waals surface area contributed by atoms with E-state index < -0.39 is 12.6 Å². The third kappa shape index (κ3) is 2.49. The molecule has 3 N–H and O–H groups in total. The quantitative estimate of drug-likeness (QED) is 0.875. The fourth-order valence-electron chi connectivity index (χ4n) is 1.81. The smallest absolute Gasteiger partial charge is 0.335 e. The minimum absolute atomic E-state index is 0.0316. The second-order valence-corrected chi connectivity index (χ2v) is 4.01. The second-order valence-electron chi connectivity index (χ2n) is 4.01. The van der Waals surface area contributed by atoms with Crippen LogP contribution < -0.4 is 5.73 Å². The lowest BCUT2D eigenvalue weighted by molar-refractivity contribution is 0.0582. The Morgan fingerprint density at radius 3 is 2.80 bits per heavy atom. The van der Waals surface area contributed by atoms with E-state index in [1.807, 2.05) is 6.07 Å². The van der Waals surface area contributed by atoms with E-state index in [0.717, 1.165) is 6.33 Å². The first-order valence-corrected chi connectivity index (χ1v) is 5.67. The molecule has 0 aliphatic rings. The predicted octanol–water partition coefficient (Wildman–Crippen LogP) is 1.20. The Balaban J connectivity index is 2.54. The van der Waals surface area contributed by atoms with Crippen molar-refractivity contribution in [2.75, 3.05) is 6.61 Å². The van der Waals surface area contributed by atoms with Gasteiger partial charge in [0.05, 0.1) is 24.3 Å². The minimum atomic E-state index is -2.82. The molecule has 2 aromatic rings. The van der Waals surface area contributed by atoms with E-state index in [0.29, 0.717) is 15.8 Å². The first-order chi connectivity index (χ1) is 9.58. The van der Waals surface area contributed by atoms with Crippen molar-refractivity contribution in [1.29, 1.82) is 5.26 Å². The van der Waals surface area contributed by atoms with Crippen molar-refractivity contribution in [2.45, 2.75) is 12.6 Å². The first-order valence-electron chi connectivity index (χ1n) is 5.67. The van der Waals surface area contributed by atoms with Gasteiger partial charge in [0, 0.05) is 5.56 Å². The van der Waals surface area contributed by atoms with Gasteiger partial charge in [-0.05, 0) is 23.8 Å². The molecule has 1 atom stereocenters. The summed E-state index contributed by atoms with van der Waals surface area (Å²) in [5, 5.41) is 21.5. The van der Waals surface area contributed by atoms with Crippen molar-refractivity contribution >= 4 is 0 Å². The maximum atomic E-state index is 12.8. The van der Waals surface area contributed by atoms with Gasteiger partial charge in [-0.25, -0.2) is 4.98 Å². The molecule has 0 saturated carbocycles. The minimum Gasteiger partial charge on any atom is -0.394 e. The van der Waals surface area contributed by atoms with E-state index >= 15 is 0 Å². The Bertz CT molecular complexity index is 650. The summed E-state index contributed by atoms with van der Waals surface area (Å²) in [6.07, 6.45) is 1.02. The summed E-state index contributed by atoms with van der Waals surface area (Å²) >= 11 is 0. The predicted molar refractivity (Wildman–Crippen MR) is 65.4 cm³/mol. The van der Waals surface area contributed by atoms with Gasteiger partial charge in [0.1, 0.15) is 6.33 Å². The molecule has 0 spiro atoms. The molecule has 6 nitrogen and oxygen atoms in total. The molecular weight excluding hydrogens is 268 g/mol. The van der Waals surface area contributed by atoms with Crippen LogP contribution in [0.4, 0.5) is 8.78 Å². The molecule has 0 radical (unpaired) electrons. The fourth-order valence-corrected chi connectivity index (χ4v) is 1.81. The normalized spacial score (nSPS) is 12.4. The molecule has 1 heterocycles. The zero-order valence-electron chi connectivity index (χ0n) is 10.2. The molecule has 1 aromatic carbocycles. The Hall–Kier alpha value is -2.37. The number of hydrogen-bond donors (Lipinski definition) is 2. The van der Waals surface area contributed by atoms with Crippen LogP contribution in [0.1, 0.15) is 23.7 Å². The summed E-state index contributed by atoms with van der Waals surface area (Å²) < 4.78 is 26.0. The third-order valence-corrected chi connectivity index (χ3v) is 2.78. The van der Waals surface area contributed by atoms with Crippen molar-refractivity contribution in [3.63, 3.8) is 0 Å². The molecule has 8 heteroatoms. The van der Waals surface area contributed by atoms with Crippen LogP contribution in [0.15, 0.2) is 24.5 Å². The van der Waals surface area contributed by atoms with Crippen LogP contribution >= 0.6 is 0 Å². The Labute approximate surface area is 113 Å². The monoisotopic (exact) mass is 279 g/mol. The van der Waals surface area contributed by atoms with Crippen LogP contribution in [0, 0.1) is 11.3 Å². The lowest BCUT2D eigenvalue weighted by Crippen LogP contribution is -2.16. The number of aliphatic hydroxyl groups excluding tert-OH is 1. The summed E-state index contributed by atoms with van der Waals surface area (Å²) in [5.41, 5.74) is 6.69. The second kappa shape index (κ2) is 5.73. The number of halogens is 2. The van der Waals surface area contributed by atoms with Gasteiger partial charge in [-0.15, -0.1) is 0 Å². The highest BCUT2D eigenvalue weighted by molar-refractivity contribution is 5.59. The fraction of sp³-hybridized carbons (Fsp3) is 0.250. The highest BCUT2D eigenvalue weighted by Gasteiger charge is 2.17. The molecule has 104 valence electrons. The Kier molecular flexibility index (Phi) is 4.02.